The van der Waals surface area contributed by atoms with E-state index in [4.69, 9.17) is 48.4 Å². The second-order valence-corrected chi connectivity index (χ2v) is 6.91. The monoisotopic (exact) mass is 310 g/mol. The summed E-state index contributed by atoms with van der Waals surface area (Å²) in [6, 6.07) is 0. The van der Waals surface area contributed by atoms with Gasteiger partial charge in [-0.1, -0.05) is 0 Å². The smallest absolute Gasteiger partial charge is 0.311 e. The standard InChI is InChI=1S/C9H18Cl3O3P/c1-7(10)4-13-16(14-5-8(2)11)15-6-9(3)12/h7-9H,4-6H2,1-3H3. The number of alkyl halides is 3. The molecule has 0 bridgehead atoms. The van der Waals surface area contributed by atoms with Crippen LogP contribution in [0.5, 0.6) is 0 Å². The van der Waals surface area contributed by atoms with Crippen LogP contribution in [0.15, 0.2) is 0 Å². The Morgan fingerprint density at radius 1 is 0.750 bits per heavy atom. The molecule has 0 aliphatic rings. The summed E-state index contributed by atoms with van der Waals surface area (Å²) in [7, 11) is -1.41. The maximum atomic E-state index is 5.77. The van der Waals surface area contributed by atoms with Crippen molar-refractivity contribution in [2.45, 2.75) is 36.9 Å². The molecule has 0 aliphatic carbocycles. The van der Waals surface area contributed by atoms with E-state index >= 15 is 0 Å². The second-order valence-electron chi connectivity index (χ2n) is 3.45. The van der Waals surface area contributed by atoms with Gasteiger partial charge in [-0.15, -0.1) is 34.8 Å². The summed E-state index contributed by atoms with van der Waals surface area (Å²) in [6.45, 7) is 6.64. The first-order chi connectivity index (χ1) is 7.41. The van der Waals surface area contributed by atoms with Gasteiger partial charge in [-0.3, -0.25) is 0 Å². The van der Waals surface area contributed by atoms with E-state index in [9.17, 15) is 0 Å². The van der Waals surface area contributed by atoms with E-state index in [1.807, 2.05) is 20.8 Å². The molecule has 0 radical (unpaired) electrons. The molecule has 7 heteroatoms. The highest BCUT2D eigenvalue weighted by molar-refractivity contribution is 7.41. The third-order valence-corrected chi connectivity index (χ3v) is 2.69. The van der Waals surface area contributed by atoms with Crippen molar-refractivity contribution >= 4 is 43.4 Å². The Hall–Kier alpha value is 1.18. The third kappa shape index (κ3) is 11.7. The molecule has 98 valence electrons. The lowest BCUT2D eigenvalue weighted by Crippen LogP contribution is -2.10. The van der Waals surface area contributed by atoms with Crippen LogP contribution in [0.1, 0.15) is 20.8 Å². The number of hydrogen-bond acceptors (Lipinski definition) is 3. The fourth-order valence-electron chi connectivity index (χ4n) is 0.602. The fourth-order valence-corrected chi connectivity index (χ4v) is 2.31. The van der Waals surface area contributed by atoms with Crippen LogP contribution in [0.3, 0.4) is 0 Å². The van der Waals surface area contributed by atoms with Gasteiger partial charge in [0.15, 0.2) is 0 Å². The second kappa shape index (κ2) is 10.1. The van der Waals surface area contributed by atoms with Gasteiger partial charge in [-0.2, -0.15) is 0 Å². The van der Waals surface area contributed by atoms with Crippen molar-refractivity contribution < 1.29 is 13.6 Å². The predicted octanol–water partition coefficient (Wildman–Crippen LogP) is 4.15. The molecular formula is C9H18Cl3O3P. The Labute approximate surface area is 114 Å². The van der Waals surface area contributed by atoms with Gasteiger partial charge in [0.2, 0.25) is 0 Å². The Morgan fingerprint density at radius 2 is 1.00 bits per heavy atom. The molecule has 0 aliphatic heterocycles. The summed E-state index contributed by atoms with van der Waals surface area (Å²) in [5, 5.41) is -0.253. The molecule has 0 N–H and O–H groups in total. The highest BCUT2D eigenvalue weighted by Crippen LogP contribution is 2.40. The molecule has 0 aromatic rings. The Morgan fingerprint density at radius 3 is 1.19 bits per heavy atom. The molecule has 0 spiro atoms. The van der Waals surface area contributed by atoms with Gasteiger partial charge >= 0.3 is 8.60 Å². The summed E-state index contributed by atoms with van der Waals surface area (Å²) in [5.74, 6) is 0. The van der Waals surface area contributed by atoms with Crippen LogP contribution >= 0.6 is 43.4 Å². The predicted molar refractivity (Wildman–Crippen MR) is 70.7 cm³/mol. The normalized spacial score (nSPS) is 19.1. The minimum Gasteiger partial charge on any atom is -0.311 e. The molecule has 3 nitrogen and oxygen atoms in total. The summed E-state index contributed by atoms with van der Waals surface area (Å²) < 4.78 is 16.1. The van der Waals surface area contributed by atoms with Gasteiger partial charge in [-0.25, -0.2) is 0 Å². The Kier molecular flexibility index (Phi) is 10.9. The van der Waals surface area contributed by atoms with Gasteiger partial charge in [-0.05, 0) is 20.8 Å². The maximum absolute atomic E-state index is 5.77. The van der Waals surface area contributed by atoms with Crippen molar-refractivity contribution in [1.29, 1.82) is 0 Å². The first-order valence-electron chi connectivity index (χ1n) is 5.03. The topological polar surface area (TPSA) is 27.7 Å². The summed E-state index contributed by atoms with van der Waals surface area (Å²) in [6.07, 6.45) is 0. The molecule has 0 aromatic carbocycles. The van der Waals surface area contributed by atoms with Crippen molar-refractivity contribution in [2.75, 3.05) is 19.8 Å². The van der Waals surface area contributed by atoms with Gasteiger partial charge in [0.05, 0.1) is 36.0 Å². The SMILES string of the molecule is CC(Cl)COP(OCC(C)Cl)OCC(C)Cl. The zero-order valence-electron chi connectivity index (χ0n) is 9.66. The minimum absolute atomic E-state index is 0.0842. The van der Waals surface area contributed by atoms with E-state index in [-0.39, 0.29) is 16.1 Å². The van der Waals surface area contributed by atoms with E-state index in [0.29, 0.717) is 19.8 Å². The average Bonchev–Trinajstić information content (AvgIpc) is 2.15. The molecule has 0 saturated carbocycles. The fraction of sp³-hybridized carbons (Fsp3) is 1.00. The van der Waals surface area contributed by atoms with Crippen molar-refractivity contribution in [3.63, 3.8) is 0 Å². The highest BCUT2D eigenvalue weighted by Gasteiger charge is 2.16. The molecule has 0 heterocycles. The lowest BCUT2D eigenvalue weighted by molar-refractivity contribution is 0.162. The van der Waals surface area contributed by atoms with E-state index in [0.717, 1.165) is 0 Å². The number of hydrogen-bond donors (Lipinski definition) is 0. The molecule has 3 unspecified atom stereocenters. The first kappa shape index (κ1) is 17.2. The molecule has 16 heavy (non-hydrogen) atoms. The summed E-state index contributed by atoms with van der Waals surface area (Å²) in [4.78, 5) is 0. The molecule has 0 aromatic heterocycles. The van der Waals surface area contributed by atoms with Gasteiger partial charge in [0.1, 0.15) is 0 Å². The lowest BCUT2D eigenvalue weighted by atomic mass is 10.5. The Bertz CT molecular complexity index is 142. The quantitative estimate of drug-likeness (QED) is 0.473. The minimum atomic E-state index is -1.41. The van der Waals surface area contributed by atoms with Crippen LogP contribution in [0.25, 0.3) is 0 Å². The zero-order valence-corrected chi connectivity index (χ0v) is 12.8. The maximum Gasteiger partial charge on any atom is 0.332 e. The summed E-state index contributed by atoms with van der Waals surface area (Å²) in [5.41, 5.74) is 0. The number of halogens is 3. The van der Waals surface area contributed by atoms with Gasteiger partial charge in [0, 0.05) is 0 Å². The average molecular weight is 312 g/mol. The first-order valence-corrected chi connectivity index (χ1v) is 7.43. The van der Waals surface area contributed by atoms with Crippen molar-refractivity contribution in [1.82, 2.24) is 0 Å². The number of rotatable bonds is 9. The van der Waals surface area contributed by atoms with E-state index < -0.39 is 8.60 Å². The van der Waals surface area contributed by atoms with Crippen LogP contribution in [0.4, 0.5) is 0 Å². The zero-order chi connectivity index (χ0) is 12.6. The molecule has 0 rings (SSSR count). The third-order valence-electron chi connectivity index (χ3n) is 1.23. The van der Waals surface area contributed by atoms with E-state index in [1.165, 1.54) is 0 Å². The molecule has 0 fully saturated rings. The van der Waals surface area contributed by atoms with Crippen LogP contribution in [-0.2, 0) is 13.6 Å². The Balaban J connectivity index is 3.85. The molecular weight excluding hydrogens is 293 g/mol. The van der Waals surface area contributed by atoms with Crippen LogP contribution < -0.4 is 0 Å². The van der Waals surface area contributed by atoms with Crippen molar-refractivity contribution in [3.05, 3.63) is 0 Å². The van der Waals surface area contributed by atoms with E-state index in [2.05, 4.69) is 0 Å². The van der Waals surface area contributed by atoms with Crippen LogP contribution in [0.2, 0.25) is 0 Å². The molecule has 3 atom stereocenters. The van der Waals surface area contributed by atoms with E-state index in [1.54, 1.807) is 0 Å². The highest BCUT2D eigenvalue weighted by atomic mass is 35.5. The van der Waals surface area contributed by atoms with Gasteiger partial charge < -0.3 is 13.6 Å². The van der Waals surface area contributed by atoms with Crippen molar-refractivity contribution in [3.8, 4) is 0 Å². The molecule has 0 amide bonds. The van der Waals surface area contributed by atoms with Crippen LogP contribution in [0, 0.1) is 0 Å². The largest absolute Gasteiger partial charge is 0.332 e. The van der Waals surface area contributed by atoms with Crippen LogP contribution in [-0.4, -0.2) is 36.0 Å². The molecule has 0 saturated heterocycles. The van der Waals surface area contributed by atoms with Gasteiger partial charge in [0.25, 0.3) is 0 Å². The van der Waals surface area contributed by atoms with Crippen molar-refractivity contribution in [2.24, 2.45) is 0 Å². The lowest BCUT2D eigenvalue weighted by Gasteiger charge is -2.18. The summed E-state index contributed by atoms with van der Waals surface area (Å²) >= 11 is 17.3.